The van der Waals surface area contributed by atoms with Crippen molar-refractivity contribution in [3.63, 3.8) is 0 Å². The highest BCUT2D eigenvalue weighted by Crippen LogP contribution is 2.39. The molecular weight excluding hydrogens is 273 g/mol. The summed E-state index contributed by atoms with van der Waals surface area (Å²) in [5.41, 5.74) is 0.648. The number of ether oxygens (including phenoxy) is 1. The topological polar surface area (TPSA) is 21.3 Å². The Kier molecular flexibility index (Phi) is 3.50. The molecular formula is C12H15BrFNO. The van der Waals surface area contributed by atoms with Crippen molar-refractivity contribution in [3.05, 3.63) is 28.0 Å². The second-order valence-corrected chi connectivity index (χ2v) is 5.14. The number of halogens is 2. The average Bonchev–Trinajstić information content (AvgIpc) is 2.23. The summed E-state index contributed by atoms with van der Waals surface area (Å²) in [7, 11) is 0. The summed E-state index contributed by atoms with van der Waals surface area (Å²) in [5, 5.41) is 3.37. The van der Waals surface area contributed by atoms with Crippen LogP contribution in [0.1, 0.15) is 31.9 Å². The monoisotopic (exact) mass is 287 g/mol. The van der Waals surface area contributed by atoms with E-state index in [2.05, 4.69) is 35.1 Å². The molecule has 0 saturated carbocycles. The fourth-order valence-electron chi connectivity index (χ4n) is 2.01. The summed E-state index contributed by atoms with van der Waals surface area (Å²) in [6, 6.07) is 3.54. The van der Waals surface area contributed by atoms with Gasteiger partial charge in [0.15, 0.2) is 0 Å². The van der Waals surface area contributed by atoms with Gasteiger partial charge in [-0.3, -0.25) is 0 Å². The van der Waals surface area contributed by atoms with Crippen LogP contribution in [0.3, 0.4) is 0 Å². The van der Waals surface area contributed by atoms with E-state index in [1.54, 1.807) is 6.07 Å². The van der Waals surface area contributed by atoms with Crippen molar-refractivity contribution in [3.8, 4) is 5.75 Å². The van der Waals surface area contributed by atoms with E-state index in [9.17, 15) is 4.39 Å². The summed E-state index contributed by atoms with van der Waals surface area (Å²) in [4.78, 5) is 0. The Morgan fingerprint density at radius 2 is 2.25 bits per heavy atom. The number of benzene rings is 1. The molecule has 0 bridgehead atoms. The molecule has 1 aromatic carbocycles. The largest absolute Gasteiger partial charge is 0.492 e. The maximum Gasteiger partial charge on any atom is 0.141 e. The van der Waals surface area contributed by atoms with Gasteiger partial charge in [-0.1, -0.05) is 13.8 Å². The highest BCUT2D eigenvalue weighted by molar-refractivity contribution is 9.10. The first-order valence-corrected chi connectivity index (χ1v) is 6.25. The maximum absolute atomic E-state index is 13.8. The van der Waals surface area contributed by atoms with Crippen LogP contribution in [0.15, 0.2) is 16.6 Å². The van der Waals surface area contributed by atoms with E-state index < -0.39 is 0 Å². The van der Waals surface area contributed by atoms with E-state index in [4.69, 9.17) is 4.74 Å². The van der Waals surface area contributed by atoms with E-state index in [1.807, 2.05) is 0 Å². The smallest absolute Gasteiger partial charge is 0.141 e. The molecule has 2 rings (SSSR count). The molecule has 0 radical (unpaired) electrons. The van der Waals surface area contributed by atoms with Crippen molar-refractivity contribution in [1.82, 2.24) is 5.32 Å². The van der Waals surface area contributed by atoms with Gasteiger partial charge in [0.1, 0.15) is 11.6 Å². The molecule has 16 heavy (non-hydrogen) atoms. The van der Waals surface area contributed by atoms with Crippen LogP contribution in [-0.2, 0) is 0 Å². The fraction of sp³-hybridized carbons (Fsp3) is 0.500. The van der Waals surface area contributed by atoms with Crippen LogP contribution in [0.4, 0.5) is 4.39 Å². The summed E-state index contributed by atoms with van der Waals surface area (Å²) < 4.78 is 20.1. The average molecular weight is 288 g/mol. The van der Waals surface area contributed by atoms with Crippen LogP contribution in [0, 0.1) is 5.82 Å². The lowest BCUT2D eigenvalue weighted by molar-refractivity contribution is 0.240. The highest BCUT2D eigenvalue weighted by Gasteiger charge is 2.27. The molecule has 88 valence electrons. The zero-order valence-corrected chi connectivity index (χ0v) is 11.0. The van der Waals surface area contributed by atoms with E-state index in [-0.39, 0.29) is 11.9 Å². The van der Waals surface area contributed by atoms with Gasteiger partial charge < -0.3 is 10.1 Å². The van der Waals surface area contributed by atoms with Crippen LogP contribution in [-0.4, -0.2) is 12.6 Å². The summed E-state index contributed by atoms with van der Waals surface area (Å²) >= 11 is 3.39. The highest BCUT2D eigenvalue weighted by atomic mass is 79.9. The van der Waals surface area contributed by atoms with Gasteiger partial charge >= 0.3 is 0 Å². The van der Waals surface area contributed by atoms with Crippen molar-refractivity contribution >= 4 is 15.9 Å². The minimum Gasteiger partial charge on any atom is -0.492 e. The summed E-state index contributed by atoms with van der Waals surface area (Å²) in [6.07, 6.45) is 0.804. The van der Waals surface area contributed by atoms with Gasteiger partial charge in [-0.15, -0.1) is 0 Å². The van der Waals surface area contributed by atoms with Crippen molar-refractivity contribution in [1.29, 1.82) is 0 Å². The first-order chi connectivity index (χ1) is 7.59. The van der Waals surface area contributed by atoms with Crippen molar-refractivity contribution in [2.45, 2.75) is 32.4 Å². The van der Waals surface area contributed by atoms with Crippen molar-refractivity contribution in [2.24, 2.45) is 0 Å². The predicted molar refractivity (Wildman–Crippen MR) is 65.2 cm³/mol. The third-order valence-corrected chi connectivity index (χ3v) is 3.26. The minimum absolute atomic E-state index is 0.0428. The molecule has 1 aliphatic rings. The SMILES string of the molecule is CC(C)NC1CCOc2c(Br)ccc(F)c21. The third-order valence-electron chi connectivity index (χ3n) is 2.63. The maximum atomic E-state index is 13.8. The second-order valence-electron chi connectivity index (χ2n) is 4.28. The Balaban J connectivity index is 2.40. The molecule has 0 saturated heterocycles. The molecule has 0 aromatic heterocycles. The summed E-state index contributed by atoms with van der Waals surface area (Å²) in [5.74, 6) is 0.445. The quantitative estimate of drug-likeness (QED) is 0.900. The number of fused-ring (bicyclic) bond motifs is 1. The number of hydrogen-bond acceptors (Lipinski definition) is 2. The molecule has 1 aliphatic heterocycles. The molecule has 4 heteroatoms. The van der Waals surface area contributed by atoms with Crippen LogP contribution in [0.25, 0.3) is 0 Å². The lowest BCUT2D eigenvalue weighted by atomic mass is 9.99. The van der Waals surface area contributed by atoms with E-state index in [0.717, 1.165) is 10.9 Å². The first kappa shape index (κ1) is 11.9. The molecule has 1 heterocycles. The fourth-order valence-corrected chi connectivity index (χ4v) is 2.47. The Morgan fingerprint density at radius 1 is 1.50 bits per heavy atom. The molecule has 1 unspecified atom stereocenters. The predicted octanol–water partition coefficient (Wildman–Crippen LogP) is 3.41. The van der Waals surface area contributed by atoms with Gasteiger partial charge in [-0.05, 0) is 28.1 Å². The van der Waals surface area contributed by atoms with Crippen LogP contribution >= 0.6 is 15.9 Å². The molecule has 0 aliphatic carbocycles. The summed E-state index contributed by atoms with van der Waals surface area (Å²) in [6.45, 7) is 4.75. The molecule has 2 nitrogen and oxygen atoms in total. The molecule has 1 atom stereocenters. The zero-order chi connectivity index (χ0) is 11.7. The molecule has 0 fully saturated rings. The van der Waals surface area contributed by atoms with E-state index in [1.165, 1.54) is 6.07 Å². The standard InChI is InChI=1S/C12H15BrFNO/c1-7(2)15-10-5-6-16-12-8(13)3-4-9(14)11(10)12/h3-4,7,10,15H,5-6H2,1-2H3. The molecule has 1 aromatic rings. The Bertz CT molecular complexity index is 395. The third kappa shape index (κ3) is 2.23. The van der Waals surface area contributed by atoms with Gasteiger partial charge in [0.05, 0.1) is 11.1 Å². The van der Waals surface area contributed by atoms with Crippen LogP contribution in [0.5, 0.6) is 5.75 Å². The Labute approximate surface area is 103 Å². The second kappa shape index (κ2) is 4.72. The van der Waals surface area contributed by atoms with E-state index >= 15 is 0 Å². The van der Waals surface area contributed by atoms with Gasteiger partial charge in [0, 0.05) is 24.1 Å². The molecule has 0 spiro atoms. The van der Waals surface area contributed by atoms with Gasteiger partial charge in [-0.25, -0.2) is 4.39 Å². The van der Waals surface area contributed by atoms with Gasteiger partial charge in [0.2, 0.25) is 0 Å². The number of hydrogen-bond donors (Lipinski definition) is 1. The molecule has 1 N–H and O–H groups in total. The Morgan fingerprint density at radius 3 is 2.94 bits per heavy atom. The minimum atomic E-state index is -0.198. The zero-order valence-electron chi connectivity index (χ0n) is 9.39. The van der Waals surface area contributed by atoms with Gasteiger partial charge in [-0.2, -0.15) is 0 Å². The van der Waals surface area contributed by atoms with Crippen LogP contribution in [0.2, 0.25) is 0 Å². The number of nitrogens with one attached hydrogen (secondary N) is 1. The Hall–Kier alpha value is -0.610. The van der Waals surface area contributed by atoms with E-state index in [0.29, 0.717) is 24.0 Å². The first-order valence-electron chi connectivity index (χ1n) is 5.46. The van der Waals surface area contributed by atoms with Crippen molar-refractivity contribution < 1.29 is 9.13 Å². The van der Waals surface area contributed by atoms with Crippen LogP contribution < -0.4 is 10.1 Å². The lowest BCUT2D eigenvalue weighted by Crippen LogP contribution is -2.32. The van der Waals surface area contributed by atoms with Crippen molar-refractivity contribution in [2.75, 3.05) is 6.61 Å². The van der Waals surface area contributed by atoms with Gasteiger partial charge in [0.25, 0.3) is 0 Å². The molecule has 0 amide bonds. The normalized spacial score (nSPS) is 19.4. The number of rotatable bonds is 2. The lowest BCUT2D eigenvalue weighted by Gasteiger charge is -2.29.